The van der Waals surface area contributed by atoms with Crippen molar-refractivity contribution in [2.45, 2.75) is 26.4 Å². The summed E-state index contributed by atoms with van der Waals surface area (Å²) < 4.78 is 0. The van der Waals surface area contributed by atoms with E-state index in [1.54, 1.807) is 0 Å². The van der Waals surface area contributed by atoms with Gasteiger partial charge < -0.3 is 4.89 Å². The van der Waals surface area contributed by atoms with E-state index in [4.69, 9.17) is 9.78 Å². The van der Waals surface area contributed by atoms with Gasteiger partial charge in [-0.05, 0) is 38.0 Å². The van der Waals surface area contributed by atoms with Gasteiger partial charge >= 0.3 is 0 Å². The molecule has 2 nitrogen and oxygen atoms in total. The van der Waals surface area contributed by atoms with Crippen molar-refractivity contribution in [2.75, 3.05) is 0 Å². The van der Waals surface area contributed by atoms with Crippen molar-refractivity contribution in [3.63, 3.8) is 0 Å². The zero-order valence-electron chi connectivity index (χ0n) is 11.0. The molecule has 2 rings (SSSR count). The summed E-state index contributed by atoms with van der Waals surface area (Å²) in [7, 11) is 0. The van der Waals surface area contributed by atoms with E-state index in [2.05, 4.69) is 0 Å². The maximum Gasteiger partial charge on any atom is 0.168 e. The third-order valence-electron chi connectivity index (χ3n) is 2.90. The molecule has 0 unspecified atom stereocenters. The maximum atomic E-state index is 5.58. The molecule has 0 heterocycles. The highest BCUT2D eigenvalue weighted by Gasteiger charge is 2.23. The monoisotopic (exact) mass is 242 g/mol. The predicted octanol–water partition coefficient (Wildman–Crippen LogP) is 4.24. The lowest BCUT2D eigenvalue weighted by Crippen LogP contribution is -2.23. The molecule has 0 amide bonds. The van der Waals surface area contributed by atoms with Gasteiger partial charge in [-0.25, -0.2) is 0 Å². The van der Waals surface area contributed by atoms with Crippen molar-refractivity contribution >= 4 is 0 Å². The lowest BCUT2D eigenvalue weighted by molar-refractivity contribution is -0.286. The van der Waals surface area contributed by atoms with Crippen LogP contribution in [-0.4, -0.2) is 0 Å². The molecule has 0 saturated carbocycles. The molecule has 0 fully saturated rings. The van der Waals surface area contributed by atoms with Crippen LogP contribution in [0.1, 0.15) is 25.0 Å². The topological polar surface area (TPSA) is 18.5 Å². The van der Waals surface area contributed by atoms with Crippen molar-refractivity contribution < 1.29 is 9.78 Å². The molecule has 0 aliphatic carbocycles. The summed E-state index contributed by atoms with van der Waals surface area (Å²) in [6.07, 6.45) is 0. The smallest absolute Gasteiger partial charge is 0.168 e. The molecule has 94 valence electrons. The normalized spacial score (nSPS) is 11.3. The summed E-state index contributed by atoms with van der Waals surface area (Å²) in [6.45, 7) is 5.97. The first-order valence-corrected chi connectivity index (χ1v) is 6.06. The van der Waals surface area contributed by atoms with Crippen LogP contribution >= 0.6 is 0 Å². The van der Waals surface area contributed by atoms with Crippen molar-refractivity contribution in [2.24, 2.45) is 0 Å². The average Bonchev–Trinajstić information content (AvgIpc) is 2.39. The van der Waals surface area contributed by atoms with Gasteiger partial charge in [0.25, 0.3) is 0 Å². The number of rotatable bonds is 4. The lowest BCUT2D eigenvalue weighted by Gasteiger charge is -2.24. The number of para-hydroxylation sites is 1. The second kappa shape index (κ2) is 5.23. The van der Waals surface area contributed by atoms with Gasteiger partial charge in [-0.2, -0.15) is 4.89 Å². The fourth-order valence-corrected chi connectivity index (χ4v) is 1.69. The highest BCUT2D eigenvalue weighted by Crippen LogP contribution is 2.26. The van der Waals surface area contributed by atoms with E-state index in [9.17, 15) is 0 Å². The van der Waals surface area contributed by atoms with Crippen molar-refractivity contribution in [3.05, 3.63) is 65.7 Å². The van der Waals surface area contributed by atoms with Gasteiger partial charge in [-0.3, -0.25) is 0 Å². The predicted molar refractivity (Wildman–Crippen MR) is 72.4 cm³/mol. The summed E-state index contributed by atoms with van der Waals surface area (Å²) in [4.78, 5) is 11.0. The second-order valence-electron chi connectivity index (χ2n) is 4.81. The molecular formula is C16H18O2. The number of hydrogen-bond donors (Lipinski definition) is 0. The first-order valence-electron chi connectivity index (χ1n) is 6.06. The molecule has 0 radical (unpaired) electrons. The van der Waals surface area contributed by atoms with Gasteiger partial charge in [0.1, 0.15) is 5.60 Å². The Morgan fingerprint density at radius 2 is 1.44 bits per heavy atom. The van der Waals surface area contributed by atoms with E-state index < -0.39 is 5.60 Å². The minimum Gasteiger partial charge on any atom is -0.336 e. The fraction of sp³-hybridized carbons (Fsp3) is 0.250. The van der Waals surface area contributed by atoms with Crippen LogP contribution in [0.15, 0.2) is 54.6 Å². The van der Waals surface area contributed by atoms with Gasteiger partial charge in [0.2, 0.25) is 0 Å². The van der Waals surface area contributed by atoms with Gasteiger partial charge in [0, 0.05) is 0 Å². The molecule has 2 heteroatoms. The Morgan fingerprint density at radius 3 is 2.11 bits per heavy atom. The minimum absolute atomic E-state index is 0.483. The zero-order valence-corrected chi connectivity index (χ0v) is 11.0. The van der Waals surface area contributed by atoms with E-state index in [0.29, 0.717) is 0 Å². The van der Waals surface area contributed by atoms with Gasteiger partial charge in [-0.1, -0.05) is 48.5 Å². The Kier molecular flexibility index (Phi) is 3.68. The first-order chi connectivity index (χ1) is 8.59. The Morgan fingerprint density at radius 1 is 0.833 bits per heavy atom. The number of hydrogen-bond acceptors (Lipinski definition) is 2. The molecule has 0 aromatic heterocycles. The van der Waals surface area contributed by atoms with Crippen LogP contribution in [0.5, 0.6) is 5.75 Å². The molecule has 2 aromatic rings. The Labute approximate surface area is 108 Å². The Bertz CT molecular complexity index is 504. The highest BCUT2D eigenvalue weighted by atomic mass is 17.2. The van der Waals surface area contributed by atoms with Crippen LogP contribution < -0.4 is 4.89 Å². The standard InChI is InChI=1S/C16H18O2/c1-13-9-7-8-12-15(13)17-18-16(2,3)14-10-5-4-6-11-14/h4-12H,1-3H3. The summed E-state index contributed by atoms with van der Waals surface area (Å²) in [5, 5.41) is 0. The minimum atomic E-state index is -0.483. The molecule has 0 N–H and O–H groups in total. The van der Waals surface area contributed by atoms with Crippen LogP contribution in [-0.2, 0) is 10.5 Å². The van der Waals surface area contributed by atoms with Gasteiger partial charge in [0.15, 0.2) is 5.75 Å². The summed E-state index contributed by atoms with van der Waals surface area (Å²) in [5.41, 5.74) is 1.66. The fourth-order valence-electron chi connectivity index (χ4n) is 1.69. The van der Waals surface area contributed by atoms with E-state index in [1.807, 2.05) is 75.4 Å². The second-order valence-corrected chi connectivity index (χ2v) is 4.81. The van der Waals surface area contributed by atoms with Crippen LogP contribution in [0.3, 0.4) is 0 Å². The first kappa shape index (κ1) is 12.7. The summed E-state index contributed by atoms with van der Waals surface area (Å²) in [6, 6.07) is 17.8. The van der Waals surface area contributed by atoms with E-state index in [1.165, 1.54) is 0 Å². The zero-order chi connectivity index (χ0) is 13.0. The van der Waals surface area contributed by atoms with Crippen LogP contribution in [0.25, 0.3) is 0 Å². The Balaban J connectivity index is 2.08. The van der Waals surface area contributed by atoms with E-state index in [-0.39, 0.29) is 0 Å². The van der Waals surface area contributed by atoms with Crippen LogP contribution in [0.2, 0.25) is 0 Å². The maximum absolute atomic E-state index is 5.58. The van der Waals surface area contributed by atoms with Gasteiger partial charge in [0.05, 0.1) is 0 Å². The van der Waals surface area contributed by atoms with Crippen LogP contribution in [0.4, 0.5) is 0 Å². The molecule has 18 heavy (non-hydrogen) atoms. The van der Waals surface area contributed by atoms with Gasteiger partial charge in [-0.15, -0.1) is 0 Å². The van der Waals surface area contributed by atoms with Crippen molar-refractivity contribution in [3.8, 4) is 5.75 Å². The van der Waals surface area contributed by atoms with Crippen LogP contribution in [0, 0.1) is 6.92 Å². The molecule has 0 aliphatic heterocycles. The Hall–Kier alpha value is -1.80. The third kappa shape index (κ3) is 2.90. The molecule has 0 saturated heterocycles. The highest BCUT2D eigenvalue weighted by molar-refractivity contribution is 5.31. The SMILES string of the molecule is Cc1ccccc1OOC(C)(C)c1ccccc1. The quantitative estimate of drug-likeness (QED) is 0.589. The van der Waals surface area contributed by atoms with E-state index >= 15 is 0 Å². The summed E-state index contributed by atoms with van der Waals surface area (Å²) >= 11 is 0. The molecular weight excluding hydrogens is 224 g/mol. The third-order valence-corrected chi connectivity index (χ3v) is 2.90. The molecule has 0 spiro atoms. The lowest BCUT2D eigenvalue weighted by atomic mass is 9.99. The molecule has 0 atom stereocenters. The molecule has 0 bridgehead atoms. The summed E-state index contributed by atoms with van der Waals surface area (Å²) in [5.74, 6) is 0.751. The van der Waals surface area contributed by atoms with E-state index in [0.717, 1.165) is 16.9 Å². The molecule has 2 aromatic carbocycles. The number of benzene rings is 2. The van der Waals surface area contributed by atoms with Crippen molar-refractivity contribution in [1.82, 2.24) is 0 Å². The van der Waals surface area contributed by atoms with Crippen molar-refractivity contribution in [1.29, 1.82) is 0 Å². The number of aryl methyl sites for hydroxylation is 1. The molecule has 0 aliphatic rings. The largest absolute Gasteiger partial charge is 0.336 e. The average molecular weight is 242 g/mol.